The van der Waals surface area contributed by atoms with Gasteiger partial charge in [0.15, 0.2) is 5.82 Å². The van der Waals surface area contributed by atoms with E-state index in [9.17, 15) is 0 Å². The van der Waals surface area contributed by atoms with Crippen molar-refractivity contribution in [2.75, 3.05) is 23.7 Å². The van der Waals surface area contributed by atoms with Crippen molar-refractivity contribution in [1.29, 1.82) is 0 Å². The van der Waals surface area contributed by atoms with Gasteiger partial charge >= 0.3 is 0 Å². The molecule has 0 amide bonds. The molecule has 0 aromatic carbocycles. The molecule has 4 nitrogen and oxygen atoms in total. The summed E-state index contributed by atoms with van der Waals surface area (Å²) in [7, 11) is 0. The van der Waals surface area contributed by atoms with Crippen LogP contribution in [-0.2, 0) is 0 Å². The van der Waals surface area contributed by atoms with Crippen LogP contribution in [0.25, 0.3) is 0 Å². The predicted molar refractivity (Wildman–Crippen MR) is 57.1 cm³/mol. The number of nitrogens with zero attached hydrogens (tertiary/aromatic N) is 3. The Hall–Kier alpha value is -1.32. The van der Waals surface area contributed by atoms with E-state index in [4.69, 9.17) is 5.73 Å². The van der Waals surface area contributed by atoms with Crippen LogP contribution in [0.1, 0.15) is 19.8 Å². The molecule has 4 heteroatoms. The third kappa shape index (κ3) is 1.95. The fourth-order valence-electron chi connectivity index (χ4n) is 1.90. The van der Waals surface area contributed by atoms with Crippen LogP contribution in [0.15, 0.2) is 12.1 Å². The molecule has 1 atom stereocenters. The van der Waals surface area contributed by atoms with E-state index in [-0.39, 0.29) is 0 Å². The van der Waals surface area contributed by atoms with Crippen molar-refractivity contribution in [2.45, 2.75) is 19.8 Å². The molecule has 76 valence electrons. The summed E-state index contributed by atoms with van der Waals surface area (Å²) in [5, 5.41) is 7.95. The summed E-state index contributed by atoms with van der Waals surface area (Å²) in [6.45, 7) is 4.44. The van der Waals surface area contributed by atoms with Gasteiger partial charge in [-0.2, -0.15) is 0 Å². The first-order chi connectivity index (χ1) is 6.75. The molecular formula is C10H16N4. The highest BCUT2D eigenvalue weighted by Crippen LogP contribution is 2.20. The maximum Gasteiger partial charge on any atom is 0.151 e. The van der Waals surface area contributed by atoms with E-state index in [2.05, 4.69) is 22.0 Å². The van der Waals surface area contributed by atoms with Crippen LogP contribution in [0.5, 0.6) is 0 Å². The molecule has 2 rings (SSSR count). The van der Waals surface area contributed by atoms with Gasteiger partial charge in [-0.25, -0.2) is 0 Å². The molecule has 2 N–H and O–H groups in total. The highest BCUT2D eigenvalue weighted by atomic mass is 15.3. The maximum atomic E-state index is 5.49. The largest absolute Gasteiger partial charge is 0.382 e. The summed E-state index contributed by atoms with van der Waals surface area (Å²) in [4.78, 5) is 2.28. The van der Waals surface area contributed by atoms with Gasteiger partial charge < -0.3 is 10.6 Å². The smallest absolute Gasteiger partial charge is 0.151 e. The highest BCUT2D eigenvalue weighted by molar-refractivity contribution is 5.41. The number of aromatic nitrogens is 2. The van der Waals surface area contributed by atoms with Gasteiger partial charge in [-0.3, -0.25) is 0 Å². The Morgan fingerprint density at radius 1 is 1.43 bits per heavy atom. The Morgan fingerprint density at radius 3 is 2.93 bits per heavy atom. The molecule has 0 bridgehead atoms. The fourth-order valence-corrected chi connectivity index (χ4v) is 1.90. The molecule has 14 heavy (non-hydrogen) atoms. The molecule has 1 aliphatic heterocycles. The first kappa shape index (κ1) is 9.24. The first-order valence-corrected chi connectivity index (χ1v) is 5.10. The van der Waals surface area contributed by atoms with Crippen molar-refractivity contribution in [3.05, 3.63) is 12.1 Å². The maximum absolute atomic E-state index is 5.49. The third-order valence-electron chi connectivity index (χ3n) is 2.65. The summed E-state index contributed by atoms with van der Waals surface area (Å²) in [5.74, 6) is 2.19. The Bertz CT molecular complexity index is 295. The van der Waals surface area contributed by atoms with E-state index in [0.29, 0.717) is 5.82 Å². The van der Waals surface area contributed by atoms with Gasteiger partial charge in [0.1, 0.15) is 5.82 Å². The van der Waals surface area contributed by atoms with Crippen LogP contribution >= 0.6 is 0 Å². The summed E-state index contributed by atoms with van der Waals surface area (Å²) < 4.78 is 0. The van der Waals surface area contributed by atoms with E-state index in [1.807, 2.05) is 12.1 Å². The van der Waals surface area contributed by atoms with Crippen molar-refractivity contribution in [3.63, 3.8) is 0 Å². The van der Waals surface area contributed by atoms with Gasteiger partial charge in [0.25, 0.3) is 0 Å². The van der Waals surface area contributed by atoms with E-state index in [0.717, 1.165) is 24.8 Å². The first-order valence-electron chi connectivity index (χ1n) is 5.10. The number of nitrogens with two attached hydrogens (primary N) is 1. The quantitative estimate of drug-likeness (QED) is 0.728. The van der Waals surface area contributed by atoms with Crippen LogP contribution in [0, 0.1) is 5.92 Å². The molecule has 0 aliphatic carbocycles. The molecule has 0 radical (unpaired) electrons. The molecule has 0 saturated carbocycles. The molecule has 1 saturated heterocycles. The van der Waals surface area contributed by atoms with E-state index >= 15 is 0 Å². The lowest BCUT2D eigenvalue weighted by atomic mass is 10.0. The minimum atomic E-state index is 0.485. The lowest BCUT2D eigenvalue weighted by molar-refractivity contribution is 0.444. The number of hydrogen-bond donors (Lipinski definition) is 1. The van der Waals surface area contributed by atoms with Gasteiger partial charge in [-0.05, 0) is 30.9 Å². The molecule has 1 aromatic rings. The zero-order chi connectivity index (χ0) is 9.97. The van der Waals surface area contributed by atoms with Crippen molar-refractivity contribution in [2.24, 2.45) is 5.92 Å². The number of anilines is 2. The topological polar surface area (TPSA) is 55.0 Å². The Labute approximate surface area is 84.1 Å². The van der Waals surface area contributed by atoms with Gasteiger partial charge in [-0.1, -0.05) is 6.92 Å². The van der Waals surface area contributed by atoms with Crippen molar-refractivity contribution in [1.82, 2.24) is 10.2 Å². The fraction of sp³-hybridized carbons (Fsp3) is 0.600. The van der Waals surface area contributed by atoms with Crippen LogP contribution in [-0.4, -0.2) is 23.3 Å². The van der Waals surface area contributed by atoms with E-state index in [1.54, 1.807) is 0 Å². The zero-order valence-electron chi connectivity index (χ0n) is 8.48. The summed E-state index contributed by atoms with van der Waals surface area (Å²) in [5.41, 5.74) is 5.49. The van der Waals surface area contributed by atoms with Gasteiger partial charge in [0, 0.05) is 13.1 Å². The number of rotatable bonds is 1. The second kappa shape index (κ2) is 3.82. The standard InChI is InChI=1S/C10H16N4/c1-8-3-2-6-14(7-8)10-5-4-9(11)12-13-10/h4-5,8H,2-3,6-7H2,1H3,(H2,11,12). The Balaban J connectivity index is 2.10. The average molecular weight is 192 g/mol. The summed E-state index contributed by atoms with van der Waals surface area (Å²) in [6.07, 6.45) is 2.56. The van der Waals surface area contributed by atoms with Gasteiger partial charge in [-0.15, -0.1) is 10.2 Å². The molecule has 1 unspecified atom stereocenters. The molecule has 1 aliphatic rings. The molecule has 0 spiro atoms. The normalized spacial score (nSPS) is 22.4. The number of piperidine rings is 1. The highest BCUT2D eigenvalue weighted by Gasteiger charge is 2.17. The summed E-state index contributed by atoms with van der Waals surface area (Å²) in [6, 6.07) is 3.75. The average Bonchev–Trinajstić information content (AvgIpc) is 2.19. The minimum absolute atomic E-state index is 0.485. The molecular weight excluding hydrogens is 176 g/mol. The third-order valence-corrected chi connectivity index (χ3v) is 2.65. The Morgan fingerprint density at radius 2 is 2.29 bits per heavy atom. The second-order valence-electron chi connectivity index (χ2n) is 4.01. The van der Waals surface area contributed by atoms with Crippen molar-refractivity contribution < 1.29 is 0 Å². The van der Waals surface area contributed by atoms with Crippen LogP contribution in [0.2, 0.25) is 0 Å². The summed E-state index contributed by atoms with van der Waals surface area (Å²) >= 11 is 0. The van der Waals surface area contributed by atoms with Gasteiger partial charge in [0.05, 0.1) is 0 Å². The molecule has 1 fully saturated rings. The van der Waals surface area contributed by atoms with Crippen LogP contribution in [0.4, 0.5) is 11.6 Å². The predicted octanol–water partition coefficient (Wildman–Crippen LogP) is 1.30. The van der Waals surface area contributed by atoms with Crippen LogP contribution < -0.4 is 10.6 Å². The zero-order valence-corrected chi connectivity index (χ0v) is 8.48. The van der Waals surface area contributed by atoms with Crippen LogP contribution in [0.3, 0.4) is 0 Å². The lowest BCUT2D eigenvalue weighted by Gasteiger charge is -2.31. The molecule has 2 heterocycles. The van der Waals surface area contributed by atoms with Crippen molar-refractivity contribution >= 4 is 11.6 Å². The SMILES string of the molecule is CC1CCCN(c2ccc(N)nn2)C1. The minimum Gasteiger partial charge on any atom is -0.382 e. The van der Waals surface area contributed by atoms with Gasteiger partial charge in [0.2, 0.25) is 0 Å². The van der Waals surface area contributed by atoms with Crippen molar-refractivity contribution in [3.8, 4) is 0 Å². The number of nitrogen functional groups attached to an aromatic ring is 1. The monoisotopic (exact) mass is 192 g/mol. The number of hydrogen-bond acceptors (Lipinski definition) is 4. The van der Waals surface area contributed by atoms with E-state index in [1.165, 1.54) is 12.8 Å². The second-order valence-corrected chi connectivity index (χ2v) is 4.01. The molecule has 1 aromatic heterocycles. The lowest BCUT2D eigenvalue weighted by Crippen LogP contribution is -2.34. The van der Waals surface area contributed by atoms with E-state index < -0.39 is 0 Å². The Kier molecular flexibility index (Phi) is 2.52.